The van der Waals surface area contributed by atoms with Gasteiger partial charge in [-0.05, 0) is 53.9 Å². The van der Waals surface area contributed by atoms with Gasteiger partial charge in [0.1, 0.15) is 22.9 Å². The lowest BCUT2D eigenvalue weighted by molar-refractivity contribution is -0.274. The van der Waals surface area contributed by atoms with Crippen LogP contribution in [0.5, 0.6) is 17.2 Å². The summed E-state index contributed by atoms with van der Waals surface area (Å²) in [4.78, 5) is 14.8. The number of ether oxygens (including phenoxy) is 2. The monoisotopic (exact) mass is 349 g/mol. The fourth-order valence-corrected chi connectivity index (χ4v) is 2.14. The zero-order valence-electron chi connectivity index (χ0n) is 12.4. The Morgan fingerprint density at radius 2 is 1.56 bits per heavy atom. The van der Waals surface area contributed by atoms with Crippen LogP contribution in [-0.2, 0) is 0 Å². The van der Waals surface area contributed by atoms with Crippen molar-refractivity contribution < 1.29 is 32.5 Å². The Bertz CT molecular complexity index is 923. The average Bonchev–Trinajstić information content (AvgIpc) is 2.54. The highest BCUT2D eigenvalue weighted by molar-refractivity contribution is 5.92. The van der Waals surface area contributed by atoms with Crippen LogP contribution in [0.25, 0.3) is 10.8 Å². The molecule has 1 aromatic heterocycles. The lowest BCUT2D eigenvalue weighted by atomic mass is 10.1. The molecule has 0 saturated carbocycles. The Labute approximate surface area is 139 Å². The van der Waals surface area contributed by atoms with E-state index < -0.39 is 12.3 Å². The van der Waals surface area contributed by atoms with E-state index in [2.05, 4.69) is 9.72 Å². The van der Waals surface area contributed by atoms with Crippen molar-refractivity contribution in [2.45, 2.75) is 6.36 Å². The standard InChI is InChI=1S/C17H10F3NO4/c18-17(19,20)25-13-5-3-12(4-6-13)24-14-2-1-10-9-21-15(16(22)23)8-11(10)7-14/h1-9H,(H,22,23). The number of carboxylic acids is 1. The van der Waals surface area contributed by atoms with Crippen molar-refractivity contribution in [2.24, 2.45) is 0 Å². The molecule has 0 spiro atoms. The zero-order valence-corrected chi connectivity index (χ0v) is 12.4. The molecule has 0 amide bonds. The van der Waals surface area contributed by atoms with Gasteiger partial charge in [-0.3, -0.25) is 0 Å². The first kappa shape index (κ1) is 16.6. The molecule has 0 aliphatic carbocycles. The lowest BCUT2D eigenvalue weighted by Crippen LogP contribution is -2.16. The third-order valence-electron chi connectivity index (χ3n) is 3.21. The van der Waals surface area contributed by atoms with Gasteiger partial charge in [-0.2, -0.15) is 0 Å². The maximum Gasteiger partial charge on any atom is 0.573 e. The summed E-state index contributed by atoms with van der Waals surface area (Å²) >= 11 is 0. The maximum absolute atomic E-state index is 12.1. The minimum Gasteiger partial charge on any atom is -0.477 e. The zero-order chi connectivity index (χ0) is 18.0. The molecule has 5 nitrogen and oxygen atoms in total. The van der Waals surface area contributed by atoms with Gasteiger partial charge in [0.05, 0.1) is 0 Å². The summed E-state index contributed by atoms with van der Waals surface area (Å²) in [7, 11) is 0. The summed E-state index contributed by atoms with van der Waals surface area (Å²) in [6, 6.07) is 11.3. The number of carboxylic acid groups (broad SMARTS) is 1. The summed E-state index contributed by atoms with van der Waals surface area (Å²) in [6.07, 6.45) is -3.32. The predicted molar refractivity (Wildman–Crippen MR) is 81.9 cm³/mol. The number of alkyl halides is 3. The number of fused-ring (bicyclic) bond motifs is 1. The minimum absolute atomic E-state index is 0.0988. The summed E-state index contributed by atoms with van der Waals surface area (Å²) in [5, 5.41) is 10.3. The Balaban J connectivity index is 1.81. The lowest BCUT2D eigenvalue weighted by Gasteiger charge is -2.10. The van der Waals surface area contributed by atoms with Crippen LogP contribution in [0.2, 0.25) is 0 Å². The molecule has 0 aliphatic heterocycles. The number of aromatic carboxylic acids is 1. The van der Waals surface area contributed by atoms with Gasteiger partial charge in [0.2, 0.25) is 0 Å². The minimum atomic E-state index is -4.75. The van der Waals surface area contributed by atoms with Crippen molar-refractivity contribution in [3.05, 3.63) is 60.4 Å². The van der Waals surface area contributed by atoms with Gasteiger partial charge in [-0.1, -0.05) is 0 Å². The normalized spacial score (nSPS) is 11.3. The van der Waals surface area contributed by atoms with E-state index in [4.69, 9.17) is 9.84 Å². The van der Waals surface area contributed by atoms with Crippen LogP contribution >= 0.6 is 0 Å². The van der Waals surface area contributed by atoms with E-state index in [0.29, 0.717) is 16.9 Å². The Morgan fingerprint density at radius 1 is 0.920 bits per heavy atom. The van der Waals surface area contributed by atoms with Gasteiger partial charge in [0.25, 0.3) is 0 Å². The van der Waals surface area contributed by atoms with Gasteiger partial charge < -0.3 is 14.6 Å². The summed E-state index contributed by atoms with van der Waals surface area (Å²) in [5.74, 6) is -0.787. The van der Waals surface area contributed by atoms with Crippen LogP contribution in [0, 0.1) is 0 Å². The van der Waals surface area contributed by atoms with Crippen molar-refractivity contribution in [3.63, 3.8) is 0 Å². The van der Waals surface area contributed by atoms with Crippen molar-refractivity contribution in [1.29, 1.82) is 0 Å². The smallest absolute Gasteiger partial charge is 0.477 e. The van der Waals surface area contributed by atoms with Gasteiger partial charge in [0.15, 0.2) is 0 Å². The molecule has 2 aromatic carbocycles. The summed E-state index contributed by atoms with van der Waals surface area (Å²) < 4.78 is 45.7. The molecule has 0 unspecified atom stereocenters. The SMILES string of the molecule is O=C(O)c1cc2cc(Oc3ccc(OC(F)(F)F)cc3)ccc2cn1. The third-order valence-corrected chi connectivity index (χ3v) is 3.21. The van der Waals surface area contributed by atoms with Crippen molar-refractivity contribution >= 4 is 16.7 Å². The topological polar surface area (TPSA) is 68.7 Å². The number of carbonyl (C=O) groups is 1. The molecule has 0 radical (unpaired) electrons. The Kier molecular flexibility index (Phi) is 4.18. The van der Waals surface area contributed by atoms with E-state index in [-0.39, 0.29) is 11.4 Å². The highest BCUT2D eigenvalue weighted by atomic mass is 19.4. The summed E-state index contributed by atoms with van der Waals surface area (Å²) in [5.41, 5.74) is -0.0988. The number of pyridine rings is 1. The average molecular weight is 349 g/mol. The number of benzene rings is 2. The second-order valence-corrected chi connectivity index (χ2v) is 5.00. The third kappa shape index (κ3) is 4.17. The molecule has 0 bridgehead atoms. The molecular weight excluding hydrogens is 339 g/mol. The number of rotatable bonds is 4. The molecule has 25 heavy (non-hydrogen) atoms. The van der Waals surface area contributed by atoms with E-state index >= 15 is 0 Å². The molecule has 8 heteroatoms. The molecule has 1 heterocycles. The van der Waals surface area contributed by atoms with Crippen LogP contribution in [0.15, 0.2) is 54.7 Å². The number of aromatic nitrogens is 1. The number of hydrogen-bond donors (Lipinski definition) is 1. The van der Waals surface area contributed by atoms with E-state index in [9.17, 15) is 18.0 Å². The molecule has 0 fully saturated rings. The second-order valence-electron chi connectivity index (χ2n) is 5.00. The van der Waals surface area contributed by atoms with Crippen LogP contribution in [0.1, 0.15) is 10.5 Å². The quantitative estimate of drug-likeness (QED) is 0.744. The van der Waals surface area contributed by atoms with Gasteiger partial charge in [-0.15, -0.1) is 13.2 Å². The number of halogens is 3. The molecule has 3 aromatic rings. The maximum atomic E-state index is 12.1. The van der Waals surface area contributed by atoms with E-state index in [1.165, 1.54) is 24.4 Å². The predicted octanol–water partition coefficient (Wildman–Crippen LogP) is 4.62. The fourth-order valence-electron chi connectivity index (χ4n) is 2.14. The van der Waals surface area contributed by atoms with Crippen molar-refractivity contribution in [3.8, 4) is 17.2 Å². The van der Waals surface area contributed by atoms with Crippen molar-refractivity contribution in [1.82, 2.24) is 4.98 Å². The Hall–Kier alpha value is -3.29. The highest BCUT2D eigenvalue weighted by Crippen LogP contribution is 2.29. The van der Waals surface area contributed by atoms with Crippen LogP contribution in [0.4, 0.5) is 13.2 Å². The van der Waals surface area contributed by atoms with Gasteiger partial charge in [-0.25, -0.2) is 9.78 Å². The second kappa shape index (κ2) is 6.31. The summed E-state index contributed by atoms with van der Waals surface area (Å²) in [6.45, 7) is 0. The number of nitrogens with zero attached hydrogens (tertiary/aromatic N) is 1. The van der Waals surface area contributed by atoms with E-state index in [1.54, 1.807) is 18.2 Å². The Morgan fingerprint density at radius 3 is 2.20 bits per heavy atom. The molecular formula is C17H10F3NO4. The largest absolute Gasteiger partial charge is 0.573 e. The molecule has 128 valence electrons. The van der Waals surface area contributed by atoms with Gasteiger partial charge >= 0.3 is 12.3 Å². The van der Waals surface area contributed by atoms with Gasteiger partial charge in [0, 0.05) is 11.6 Å². The van der Waals surface area contributed by atoms with Crippen molar-refractivity contribution in [2.75, 3.05) is 0 Å². The van der Waals surface area contributed by atoms with Crippen LogP contribution < -0.4 is 9.47 Å². The van der Waals surface area contributed by atoms with Crippen LogP contribution in [-0.4, -0.2) is 22.4 Å². The number of hydrogen-bond acceptors (Lipinski definition) is 4. The highest BCUT2D eigenvalue weighted by Gasteiger charge is 2.30. The first-order valence-corrected chi connectivity index (χ1v) is 6.97. The molecule has 0 aliphatic rings. The molecule has 3 rings (SSSR count). The van der Waals surface area contributed by atoms with E-state index in [0.717, 1.165) is 17.5 Å². The molecule has 0 atom stereocenters. The van der Waals surface area contributed by atoms with Crippen LogP contribution in [0.3, 0.4) is 0 Å². The first-order chi connectivity index (χ1) is 11.8. The molecule has 0 saturated heterocycles. The van der Waals surface area contributed by atoms with E-state index in [1.807, 2.05) is 0 Å². The molecule has 1 N–H and O–H groups in total. The fraction of sp³-hybridized carbons (Fsp3) is 0.0588. The first-order valence-electron chi connectivity index (χ1n) is 6.97.